The van der Waals surface area contributed by atoms with Crippen molar-refractivity contribution in [3.05, 3.63) is 134 Å². The highest BCUT2D eigenvalue weighted by molar-refractivity contribution is 7.47. The lowest BCUT2D eigenvalue weighted by molar-refractivity contribution is -0.154. The quantitative estimate of drug-likeness (QED) is 0.0233. The Kier molecular flexibility index (Phi) is 43.3. The molecule has 0 aromatic rings. The van der Waals surface area contributed by atoms with E-state index in [2.05, 4.69) is 135 Å². The standard InChI is InChI=1S/C52H82NO9P/c1-3-5-7-9-11-13-15-17-19-21-23-24-25-27-29-31-33-35-37-39-41-43-45-59-46-49(47-60-63(57,58)61-48-50(53)52(55)56)62-51(54)44-42-40-38-36-34-32-30-28-26-22-20-18-16-14-12-10-8-6-4-2/h5-8,11-14,17-20,23-24,26-29,32,34,38,40,49-50H,3-4,9-10,15-16,21-22,25,30-31,33,35-37,39,41-48,53H2,1-2H3,(H,55,56)(H,57,58)/b7-5-,8-6-,13-11-,14-12-,19-17-,20-18-,24-23-,28-26-,29-27-,34-32-,40-38-. The average molecular weight is 896 g/mol. The summed E-state index contributed by atoms with van der Waals surface area (Å²) in [6.45, 7) is 3.49. The predicted octanol–water partition coefficient (Wildman–Crippen LogP) is 13.4. The highest BCUT2D eigenvalue weighted by Gasteiger charge is 2.27. The highest BCUT2D eigenvalue weighted by Crippen LogP contribution is 2.43. The molecule has 63 heavy (non-hydrogen) atoms. The molecule has 0 saturated carbocycles. The number of nitrogens with two attached hydrogens (primary N) is 1. The lowest BCUT2D eigenvalue weighted by Gasteiger charge is -2.20. The zero-order valence-electron chi connectivity index (χ0n) is 38.6. The summed E-state index contributed by atoms with van der Waals surface area (Å²) >= 11 is 0. The van der Waals surface area contributed by atoms with Gasteiger partial charge in [-0.25, -0.2) is 4.57 Å². The summed E-state index contributed by atoms with van der Waals surface area (Å²) in [5.41, 5.74) is 5.36. The van der Waals surface area contributed by atoms with Gasteiger partial charge in [0.05, 0.1) is 19.8 Å². The number of rotatable bonds is 42. The highest BCUT2D eigenvalue weighted by atomic mass is 31.2. The van der Waals surface area contributed by atoms with Gasteiger partial charge in [-0.3, -0.25) is 18.6 Å². The molecule has 0 rings (SSSR count). The summed E-state index contributed by atoms with van der Waals surface area (Å²) in [5.74, 6) is -1.89. The van der Waals surface area contributed by atoms with E-state index in [0.717, 1.165) is 109 Å². The van der Waals surface area contributed by atoms with E-state index in [1.807, 2.05) is 12.2 Å². The molecule has 3 atom stereocenters. The van der Waals surface area contributed by atoms with Gasteiger partial charge >= 0.3 is 19.8 Å². The van der Waals surface area contributed by atoms with E-state index in [1.165, 1.54) is 6.42 Å². The number of phosphoric ester groups is 1. The van der Waals surface area contributed by atoms with Crippen LogP contribution in [-0.4, -0.2) is 60.5 Å². The number of carbonyl (C=O) groups is 2. The van der Waals surface area contributed by atoms with Crippen molar-refractivity contribution in [3.63, 3.8) is 0 Å². The van der Waals surface area contributed by atoms with E-state index in [9.17, 15) is 19.0 Å². The zero-order valence-corrected chi connectivity index (χ0v) is 39.5. The minimum absolute atomic E-state index is 0.0342. The molecular weight excluding hydrogens is 814 g/mol. The Bertz CT molecular complexity index is 1500. The van der Waals surface area contributed by atoms with Crippen molar-refractivity contribution in [2.75, 3.05) is 26.4 Å². The first kappa shape index (κ1) is 59.1. The van der Waals surface area contributed by atoms with Crippen LogP contribution in [0.5, 0.6) is 0 Å². The first-order valence-corrected chi connectivity index (χ1v) is 24.7. The van der Waals surface area contributed by atoms with Crippen LogP contribution in [0.15, 0.2) is 134 Å². The summed E-state index contributed by atoms with van der Waals surface area (Å²) < 4.78 is 33.3. The Morgan fingerprint density at radius 1 is 0.508 bits per heavy atom. The topological polar surface area (TPSA) is 155 Å². The number of esters is 1. The molecule has 0 aliphatic heterocycles. The van der Waals surface area contributed by atoms with Crippen LogP contribution < -0.4 is 5.73 Å². The molecule has 0 aliphatic carbocycles. The molecule has 0 aromatic carbocycles. The zero-order chi connectivity index (χ0) is 46.2. The van der Waals surface area contributed by atoms with Gasteiger partial charge in [-0.05, 0) is 96.3 Å². The van der Waals surface area contributed by atoms with E-state index in [-0.39, 0.29) is 13.0 Å². The molecule has 10 nitrogen and oxygen atoms in total. The predicted molar refractivity (Wildman–Crippen MR) is 262 cm³/mol. The summed E-state index contributed by atoms with van der Waals surface area (Å²) in [5, 5.41) is 8.91. The summed E-state index contributed by atoms with van der Waals surface area (Å²) in [6.07, 6.45) is 65.2. The van der Waals surface area contributed by atoms with Gasteiger partial charge in [-0.2, -0.15) is 0 Å². The fraction of sp³-hybridized carbons (Fsp3) is 0.538. The number of hydrogen-bond donors (Lipinski definition) is 3. The third-order valence-electron chi connectivity index (χ3n) is 8.94. The van der Waals surface area contributed by atoms with E-state index < -0.39 is 45.1 Å². The molecular formula is C52H82NO9P. The Balaban J connectivity index is 4.39. The monoisotopic (exact) mass is 896 g/mol. The number of hydrogen-bond acceptors (Lipinski definition) is 8. The van der Waals surface area contributed by atoms with Crippen LogP contribution in [0.4, 0.5) is 0 Å². The number of allylic oxidation sites excluding steroid dienone is 22. The Labute approximate surface area is 381 Å². The molecule has 0 fully saturated rings. The molecule has 0 bridgehead atoms. The van der Waals surface area contributed by atoms with E-state index in [1.54, 1.807) is 0 Å². The van der Waals surface area contributed by atoms with Gasteiger partial charge in [-0.1, -0.05) is 173 Å². The molecule has 0 saturated heterocycles. The molecule has 354 valence electrons. The Hall–Kier alpha value is -3.89. The van der Waals surface area contributed by atoms with Gasteiger partial charge < -0.3 is 25.2 Å². The molecule has 0 aliphatic rings. The van der Waals surface area contributed by atoms with E-state index in [0.29, 0.717) is 13.0 Å². The van der Waals surface area contributed by atoms with Crippen molar-refractivity contribution < 1.29 is 42.7 Å². The first-order valence-electron chi connectivity index (χ1n) is 23.2. The summed E-state index contributed by atoms with van der Waals surface area (Å²) in [4.78, 5) is 33.6. The van der Waals surface area contributed by atoms with E-state index in [4.69, 9.17) is 29.4 Å². The van der Waals surface area contributed by atoms with Crippen molar-refractivity contribution >= 4 is 19.8 Å². The van der Waals surface area contributed by atoms with Crippen LogP contribution in [-0.2, 0) is 32.7 Å². The third-order valence-corrected chi connectivity index (χ3v) is 9.89. The molecule has 11 heteroatoms. The fourth-order valence-electron chi connectivity index (χ4n) is 5.42. The largest absolute Gasteiger partial charge is 0.480 e. The van der Waals surface area contributed by atoms with E-state index >= 15 is 0 Å². The molecule has 4 N–H and O–H groups in total. The smallest absolute Gasteiger partial charge is 0.472 e. The van der Waals surface area contributed by atoms with Crippen molar-refractivity contribution in [2.45, 2.75) is 154 Å². The molecule has 0 heterocycles. The fourth-order valence-corrected chi connectivity index (χ4v) is 6.20. The minimum Gasteiger partial charge on any atom is -0.480 e. The summed E-state index contributed by atoms with van der Waals surface area (Å²) in [7, 11) is -4.66. The van der Waals surface area contributed by atoms with Gasteiger partial charge in [-0.15, -0.1) is 0 Å². The number of ether oxygens (including phenoxy) is 2. The van der Waals surface area contributed by atoms with Crippen molar-refractivity contribution in [2.24, 2.45) is 5.73 Å². The normalized spacial score (nSPS) is 15.0. The van der Waals surface area contributed by atoms with Gasteiger partial charge in [0.25, 0.3) is 0 Å². The van der Waals surface area contributed by atoms with Gasteiger partial charge in [0, 0.05) is 13.0 Å². The van der Waals surface area contributed by atoms with Crippen LogP contribution in [0.1, 0.15) is 142 Å². The van der Waals surface area contributed by atoms with Gasteiger partial charge in [0.2, 0.25) is 0 Å². The number of phosphoric acid groups is 1. The second-order valence-corrected chi connectivity index (χ2v) is 16.2. The second kappa shape index (κ2) is 46.1. The van der Waals surface area contributed by atoms with Crippen LogP contribution in [0.2, 0.25) is 0 Å². The lowest BCUT2D eigenvalue weighted by Crippen LogP contribution is -2.34. The van der Waals surface area contributed by atoms with Crippen molar-refractivity contribution in [3.8, 4) is 0 Å². The number of carbonyl (C=O) groups excluding carboxylic acids is 1. The molecule has 3 unspecified atom stereocenters. The Morgan fingerprint density at radius 3 is 1.30 bits per heavy atom. The maximum atomic E-state index is 12.6. The minimum atomic E-state index is -4.66. The number of carboxylic acids is 1. The SMILES string of the molecule is CC/C=C\C/C=C\C/C=C\C/C=C\C/C=C\C/C=C\CCC(=O)OC(COCCCCCCCC/C=C\C/C=C\C/C=C\C/C=C\C/C=C\CC)COP(=O)(O)OCC(N)C(=O)O. The molecule has 0 aromatic heterocycles. The van der Waals surface area contributed by atoms with Crippen LogP contribution in [0, 0.1) is 0 Å². The average Bonchev–Trinajstić information content (AvgIpc) is 3.26. The van der Waals surface area contributed by atoms with Crippen LogP contribution in [0.3, 0.4) is 0 Å². The second-order valence-electron chi connectivity index (χ2n) is 14.8. The van der Waals surface area contributed by atoms with Gasteiger partial charge in [0.1, 0.15) is 12.1 Å². The number of unbranched alkanes of at least 4 members (excludes halogenated alkanes) is 6. The number of carboxylic acid groups (broad SMARTS) is 1. The lowest BCUT2D eigenvalue weighted by atomic mass is 10.1. The van der Waals surface area contributed by atoms with Crippen molar-refractivity contribution in [1.29, 1.82) is 0 Å². The summed E-state index contributed by atoms with van der Waals surface area (Å²) in [6, 6.07) is -1.50. The van der Waals surface area contributed by atoms with Crippen molar-refractivity contribution in [1.82, 2.24) is 0 Å². The van der Waals surface area contributed by atoms with Crippen LogP contribution >= 0.6 is 7.82 Å². The molecule has 0 spiro atoms. The first-order chi connectivity index (χ1) is 30.7. The van der Waals surface area contributed by atoms with Gasteiger partial charge in [0.15, 0.2) is 0 Å². The molecule has 0 amide bonds. The molecule has 0 radical (unpaired) electrons. The maximum absolute atomic E-state index is 12.6. The Morgan fingerprint density at radius 2 is 0.873 bits per heavy atom. The third kappa shape index (κ3) is 45.9. The van der Waals surface area contributed by atoms with Crippen LogP contribution in [0.25, 0.3) is 0 Å². The number of aliphatic carboxylic acids is 1. The maximum Gasteiger partial charge on any atom is 0.472 e.